The smallest absolute Gasteiger partial charge is 0.254 e. The van der Waals surface area contributed by atoms with E-state index in [0.29, 0.717) is 13.1 Å². The number of hydrogen-bond acceptors (Lipinski definition) is 3. The second-order valence-electron chi connectivity index (χ2n) is 8.29. The van der Waals surface area contributed by atoms with Crippen LogP contribution in [-0.4, -0.2) is 41.1 Å². The van der Waals surface area contributed by atoms with Gasteiger partial charge in [-0.3, -0.25) is 4.79 Å². The summed E-state index contributed by atoms with van der Waals surface area (Å²) in [6, 6.07) is 14.1. The molecule has 2 heterocycles. The third-order valence-electron chi connectivity index (χ3n) is 5.80. The molecule has 0 fully saturated rings. The minimum absolute atomic E-state index is 0.00656. The van der Waals surface area contributed by atoms with Crippen LogP contribution in [0.4, 0.5) is 0 Å². The molecule has 2 atom stereocenters. The van der Waals surface area contributed by atoms with Crippen LogP contribution in [0.1, 0.15) is 40.9 Å². The first-order valence-electron chi connectivity index (χ1n) is 9.43. The summed E-state index contributed by atoms with van der Waals surface area (Å²) in [6.45, 7) is 6.01. The highest BCUT2D eigenvalue weighted by Crippen LogP contribution is 2.35. The normalized spacial score (nSPS) is 22.1. The standard InChI is InChI=1S/C22H25BrN2O2/c1-22(2)13-25(21(27)17-8-7-16(23)10-18(17)22)12-20(26)19-9-14-5-3-4-6-15(14)11-24-19/h3-8,10,19-20,24,26H,9,11-13H2,1-2H3. The Bertz CT molecular complexity index is 880. The highest BCUT2D eigenvalue weighted by Gasteiger charge is 2.38. The van der Waals surface area contributed by atoms with Gasteiger partial charge in [-0.2, -0.15) is 0 Å². The second kappa shape index (κ2) is 7.04. The molecular weight excluding hydrogens is 404 g/mol. The van der Waals surface area contributed by atoms with E-state index in [4.69, 9.17) is 0 Å². The zero-order valence-electron chi connectivity index (χ0n) is 15.7. The molecule has 5 heteroatoms. The SMILES string of the molecule is CC1(C)CN(CC(O)C2Cc3ccccc3CN2)C(=O)c2ccc(Br)cc21. The van der Waals surface area contributed by atoms with Gasteiger partial charge >= 0.3 is 0 Å². The molecule has 0 bridgehead atoms. The van der Waals surface area contributed by atoms with Crippen LogP contribution in [-0.2, 0) is 18.4 Å². The lowest BCUT2D eigenvalue weighted by molar-refractivity contribution is 0.0445. The molecule has 4 rings (SSSR count). The maximum absolute atomic E-state index is 13.0. The molecule has 27 heavy (non-hydrogen) atoms. The number of aliphatic hydroxyl groups is 1. The van der Waals surface area contributed by atoms with Crippen molar-refractivity contribution in [1.82, 2.24) is 10.2 Å². The summed E-state index contributed by atoms with van der Waals surface area (Å²) in [7, 11) is 0. The summed E-state index contributed by atoms with van der Waals surface area (Å²) in [5.41, 5.74) is 4.22. The Morgan fingerprint density at radius 2 is 2.00 bits per heavy atom. The van der Waals surface area contributed by atoms with Crippen molar-refractivity contribution in [1.29, 1.82) is 0 Å². The second-order valence-corrected chi connectivity index (χ2v) is 9.20. The highest BCUT2D eigenvalue weighted by molar-refractivity contribution is 9.10. The van der Waals surface area contributed by atoms with Crippen molar-refractivity contribution < 1.29 is 9.90 Å². The molecule has 0 saturated heterocycles. The monoisotopic (exact) mass is 428 g/mol. The van der Waals surface area contributed by atoms with Gasteiger partial charge in [0.15, 0.2) is 0 Å². The van der Waals surface area contributed by atoms with E-state index in [0.717, 1.165) is 28.6 Å². The van der Waals surface area contributed by atoms with Crippen molar-refractivity contribution in [2.45, 2.75) is 44.4 Å². The average Bonchev–Trinajstić information content (AvgIpc) is 2.65. The van der Waals surface area contributed by atoms with Crippen LogP contribution < -0.4 is 5.32 Å². The number of rotatable bonds is 3. The average molecular weight is 429 g/mol. The number of aliphatic hydroxyl groups excluding tert-OH is 1. The van der Waals surface area contributed by atoms with Crippen LogP contribution in [0.3, 0.4) is 0 Å². The van der Waals surface area contributed by atoms with Gasteiger partial charge in [0.2, 0.25) is 0 Å². The van der Waals surface area contributed by atoms with Crippen LogP contribution in [0.5, 0.6) is 0 Å². The number of hydrogen-bond donors (Lipinski definition) is 2. The lowest BCUT2D eigenvalue weighted by atomic mass is 9.78. The fourth-order valence-electron chi connectivity index (χ4n) is 4.32. The van der Waals surface area contributed by atoms with Gasteiger partial charge in [-0.05, 0) is 41.3 Å². The van der Waals surface area contributed by atoms with Gasteiger partial charge in [0.25, 0.3) is 5.91 Å². The summed E-state index contributed by atoms with van der Waals surface area (Å²) in [4.78, 5) is 14.8. The lowest BCUT2D eigenvalue weighted by Crippen LogP contribution is -2.54. The maximum atomic E-state index is 13.0. The summed E-state index contributed by atoms with van der Waals surface area (Å²) < 4.78 is 0.987. The number of nitrogens with one attached hydrogen (secondary N) is 1. The van der Waals surface area contributed by atoms with Crippen molar-refractivity contribution in [2.24, 2.45) is 0 Å². The predicted molar refractivity (Wildman–Crippen MR) is 110 cm³/mol. The van der Waals surface area contributed by atoms with Crippen molar-refractivity contribution in [3.05, 3.63) is 69.2 Å². The number of benzene rings is 2. The molecule has 0 aromatic heterocycles. The van der Waals surface area contributed by atoms with E-state index in [1.807, 2.05) is 35.2 Å². The zero-order chi connectivity index (χ0) is 19.2. The molecule has 4 nitrogen and oxygen atoms in total. The molecule has 0 radical (unpaired) electrons. The van der Waals surface area contributed by atoms with Crippen LogP contribution in [0, 0.1) is 0 Å². The fraction of sp³-hybridized carbons (Fsp3) is 0.409. The van der Waals surface area contributed by atoms with Gasteiger partial charge in [0, 0.05) is 41.1 Å². The molecule has 2 aliphatic heterocycles. The molecule has 0 aliphatic carbocycles. The first kappa shape index (κ1) is 18.7. The molecule has 0 saturated carbocycles. The Balaban J connectivity index is 1.51. The number of amides is 1. The maximum Gasteiger partial charge on any atom is 0.254 e. The van der Waals surface area contributed by atoms with Crippen LogP contribution in [0.2, 0.25) is 0 Å². The summed E-state index contributed by atoms with van der Waals surface area (Å²) in [5, 5.41) is 14.3. The van der Waals surface area contributed by atoms with E-state index in [-0.39, 0.29) is 17.4 Å². The largest absolute Gasteiger partial charge is 0.390 e. The summed E-state index contributed by atoms with van der Waals surface area (Å²) in [6.07, 6.45) is 0.182. The van der Waals surface area contributed by atoms with Gasteiger partial charge in [-0.1, -0.05) is 54.0 Å². The number of carbonyl (C=O) groups is 1. The van der Waals surface area contributed by atoms with Gasteiger partial charge < -0.3 is 15.3 Å². The molecule has 2 unspecified atom stereocenters. The number of β-amino-alcohol motifs (C(OH)–C–C–N with tert-alkyl or cyclic N) is 1. The van der Waals surface area contributed by atoms with Crippen molar-refractivity contribution in [3.63, 3.8) is 0 Å². The molecule has 1 amide bonds. The van der Waals surface area contributed by atoms with Crippen molar-refractivity contribution in [3.8, 4) is 0 Å². The Morgan fingerprint density at radius 1 is 1.26 bits per heavy atom. The summed E-state index contributed by atoms with van der Waals surface area (Å²) in [5.74, 6) is 0.00656. The molecule has 0 spiro atoms. The number of halogens is 1. The molecule has 2 N–H and O–H groups in total. The van der Waals surface area contributed by atoms with Gasteiger partial charge in [-0.15, -0.1) is 0 Å². The van der Waals surface area contributed by atoms with Gasteiger partial charge in [0.1, 0.15) is 0 Å². The van der Waals surface area contributed by atoms with E-state index >= 15 is 0 Å². The number of nitrogens with zero attached hydrogens (tertiary/aromatic N) is 1. The van der Waals surface area contributed by atoms with E-state index in [9.17, 15) is 9.90 Å². The Kier molecular flexibility index (Phi) is 4.87. The third kappa shape index (κ3) is 3.56. The van der Waals surface area contributed by atoms with Crippen LogP contribution >= 0.6 is 15.9 Å². The topological polar surface area (TPSA) is 52.6 Å². The quantitative estimate of drug-likeness (QED) is 0.788. The molecule has 142 valence electrons. The van der Waals surface area contributed by atoms with E-state index in [1.165, 1.54) is 11.1 Å². The van der Waals surface area contributed by atoms with E-state index in [2.05, 4.69) is 47.2 Å². The van der Waals surface area contributed by atoms with Gasteiger partial charge in [0.05, 0.1) is 6.10 Å². The number of carbonyl (C=O) groups excluding carboxylic acids is 1. The van der Waals surface area contributed by atoms with Gasteiger partial charge in [-0.25, -0.2) is 0 Å². The van der Waals surface area contributed by atoms with E-state index < -0.39 is 6.10 Å². The number of fused-ring (bicyclic) bond motifs is 2. The van der Waals surface area contributed by atoms with E-state index in [1.54, 1.807) is 0 Å². The minimum atomic E-state index is -0.602. The minimum Gasteiger partial charge on any atom is -0.390 e. The fourth-order valence-corrected chi connectivity index (χ4v) is 4.68. The first-order valence-corrected chi connectivity index (χ1v) is 10.2. The molecular formula is C22H25BrN2O2. The van der Waals surface area contributed by atoms with Crippen LogP contribution in [0.15, 0.2) is 46.9 Å². The molecule has 2 aromatic rings. The van der Waals surface area contributed by atoms with Crippen LogP contribution in [0.25, 0.3) is 0 Å². The first-order chi connectivity index (χ1) is 12.8. The third-order valence-corrected chi connectivity index (χ3v) is 6.29. The zero-order valence-corrected chi connectivity index (χ0v) is 17.3. The Morgan fingerprint density at radius 3 is 2.78 bits per heavy atom. The molecule has 2 aromatic carbocycles. The summed E-state index contributed by atoms with van der Waals surface area (Å²) >= 11 is 3.51. The van der Waals surface area contributed by atoms with Crippen molar-refractivity contribution >= 4 is 21.8 Å². The predicted octanol–water partition coefficient (Wildman–Crippen LogP) is 3.26. The molecule has 2 aliphatic rings. The Hall–Kier alpha value is -1.69. The lowest BCUT2D eigenvalue weighted by Gasteiger charge is -2.41. The highest BCUT2D eigenvalue weighted by atomic mass is 79.9. The Labute approximate surface area is 168 Å². The van der Waals surface area contributed by atoms with Crippen molar-refractivity contribution in [2.75, 3.05) is 13.1 Å².